The van der Waals surface area contributed by atoms with Crippen molar-refractivity contribution < 1.29 is 8.42 Å². The average Bonchev–Trinajstić information content (AvgIpc) is 2.29. The summed E-state index contributed by atoms with van der Waals surface area (Å²) in [5, 5.41) is 3.79. The maximum Gasteiger partial charge on any atom is 0.212 e. The first kappa shape index (κ1) is 14.4. The predicted octanol–water partition coefficient (Wildman–Crippen LogP) is 1.29. The van der Waals surface area contributed by atoms with Crippen LogP contribution in [0.15, 0.2) is 18.2 Å². The molecule has 0 aliphatic rings. The third-order valence-electron chi connectivity index (χ3n) is 2.42. The molecule has 0 aromatic heterocycles. The summed E-state index contributed by atoms with van der Waals surface area (Å²) in [4.78, 5) is 0. The smallest absolute Gasteiger partial charge is 0.212 e. The van der Waals surface area contributed by atoms with Crippen LogP contribution in [0.2, 0.25) is 5.02 Å². The molecule has 17 heavy (non-hydrogen) atoms. The van der Waals surface area contributed by atoms with Crippen molar-refractivity contribution >= 4 is 21.6 Å². The third kappa shape index (κ3) is 5.04. The molecule has 0 aliphatic carbocycles. The molecule has 2 N–H and O–H groups in total. The van der Waals surface area contributed by atoms with Gasteiger partial charge in [-0.3, -0.25) is 0 Å². The van der Waals surface area contributed by atoms with Crippen LogP contribution in [-0.4, -0.2) is 27.8 Å². The van der Waals surface area contributed by atoms with Gasteiger partial charge in [0, 0.05) is 18.1 Å². The van der Waals surface area contributed by atoms with Crippen molar-refractivity contribution in [2.24, 2.45) is 0 Å². The van der Waals surface area contributed by atoms with Crippen LogP contribution in [-0.2, 0) is 16.6 Å². The molecule has 1 aromatic carbocycles. The lowest BCUT2D eigenvalue weighted by molar-refractivity contribution is 0.583. The molecular weight excluding hydrogens is 260 g/mol. The number of hydrogen-bond donors (Lipinski definition) is 2. The van der Waals surface area contributed by atoms with E-state index in [-0.39, 0.29) is 5.75 Å². The Morgan fingerprint density at radius 2 is 2.06 bits per heavy atom. The van der Waals surface area contributed by atoms with Gasteiger partial charge in [0.25, 0.3) is 0 Å². The predicted molar refractivity (Wildman–Crippen MR) is 70.7 cm³/mol. The number of hydrogen-bond acceptors (Lipinski definition) is 3. The summed E-state index contributed by atoms with van der Waals surface area (Å²) in [6.07, 6.45) is 0. The van der Waals surface area contributed by atoms with Gasteiger partial charge in [-0.25, -0.2) is 13.1 Å². The van der Waals surface area contributed by atoms with Crippen molar-refractivity contribution in [3.8, 4) is 0 Å². The highest BCUT2D eigenvalue weighted by molar-refractivity contribution is 7.89. The van der Waals surface area contributed by atoms with Crippen molar-refractivity contribution in [1.29, 1.82) is 0 Å². The van der Waals surface area contributed by atoms with Crippen molar-refractivity contribution in [2.75, 3.05) is 19.3 Å². The zero-order valence-corrected chi connectivity index (χ0v) is 11.5. The fourth-order valence-electron chi connectivity index (χ4n) is 1.29. The summed E-state index contributed by atoms with van der Waals surface area (Å²) in [6, 6.07) is 5.81. The summed E-state index contributed by atoms with van der Waals surface area (Å²) in [5.74, 6) is 0.0725. The minimum Gasteiger partial charge on any atom is -0.312 e. The average molecular weight is 277 g/mol. The Bertz CT molecular complexity index is 474. The number of halogens is 1. The first-order chi connectivity index (χ1) is 7.94. The molecule has 1 aromatic rings. The Hall–Kier alpha value is -0.620. The minimum atomic E-state index is -3.13. The SMILES string of the molecule is CNS(=O)(=O)CCNCc1ccc(C)c(Cl)c1. The van der Waals surface area contributed by atoms with Crippen LogP contribution in [0.25, 0.3) is 0 Å². The van der Waals surface area contributed by atoms with Gasteiger partial charge in [0.1, 0.15) is 0 Å². The van der Waals surface area contributed by atoms with E-state index >= 15 is 0 Å². The molecule has 0 atom stereocenters. The summed E-state index contributed by atoms with van der Waals surface area (Å²) < 4.78 is 24.5. The first-order valence-electron chi connectivity index (χ1n) is 5.31. The lowest BCUT2D eigenvalue weighted by Crippen LogP contribution is -2.29. The van der Waals surface area contributed by atoms with Crippen LogP contribution < -0.4 is 10.0 Å². The lowest BCUT2D eigenvalue weighted by atomic mass is 10.1. The molecule has 1 rings (SSSR count). The Morgan fingerprint density at radius 1 is 1.35 bits per heavy atom. The van der Waals surface area contributed by atoms with Gasteiger partial charge in [-0.15, -0.1) is 0 Å². The highest BCUT2D eigenvalue weighted by Gasteiger charge is 2.05. The molecule has 0 aliphatic heterocycles. The minimum absolute atomic E-state index is 0.0725. The zero-order valence-electron chi connectivity index (χ0n) is 9.96. The van der Waals surface area contributed by atoms with E-state index < -0.39 is 10.0 Å². The molecule has 6 heteroatoms. The van der Waals surface area contributed by atoms with Gasteiger partial charge in [-0.05, 0) is 31.2 Å². The molecule has 0 bridgehead atoms. The maximum atomic E-state index is 11.1. The number of nitrogens with one attached hydrogen (secondary N) is 2. The van der Waals surface area contributed by atoms with Crippen LogP contribution in [0.1, 0.15) is 11.1 Å². The van der Waals surface area contributed by atoms with Gasteiger partial charge < -0.3 is 5.32 Å². The van der Waals surface area contributed by atoms with Crippen molar-refractivity contribution in [3.05, 3.63) is 34.3 Å². The molecule has 0 amide bonds. The van der Waals surface area contributed by atoms with Crippen LogP contribution >= 0.6 is 11.6 Å². The summed E-state index contributed by atoms with van der Waals surface area (Å²) >= 11 is 5.99. The van der Waals surface area contributed by atoms with Crippen LogP contribution in [0.5, 0.6) is 0 Å². The highest BCUT2D eigenvalue weighted by Crippen LogP contribution is 2.16. The Kier molecular flexibility index (Phi) is 5.39. The Labute approximate surface area is 107 Å². The molecule has 0 radical (unpaired) electrons. The van der Waals surface area contributed by atoms with E-state index in [0.29, 0.717) is 13.1 Å². The van der Waals surface area contributed by atoms with E-state index in [2.05, 4.69) is 10.0 Å². The van der Waals surface area contributed by atoms with E-state index in [1.54, 1.807) is 0 Å². The molecular formula is C11H17ClN2O2S. The Morgan fingerprint density at radius 3 is 2.65 bits per heavy atom. The molecule has 0 fully saturated rings. The standard InChI is InChI=1S/C11H17ClN2O2S/c1-9-3-4-10(7-11(9)12)8-14-5-6-17(15,16)13-2/h3-4,7,13-14H,5-6,8H2,1-2H3. The van der Waals surface area contributed by atoms with Gasteiger partial charge in [0.2, 0.25) is 10.0 Å². The second kappa shape index (κ2) is 6.35. The van der Waals surface area contributed by atoms with E-state index in [4.69, 9.17) is 11.6 Å². The molecule has 0 saturated heterocycles. The molecule has 0 heterocycles. The van der Waals surface area contributed by atoms with Crippen molar-refractivity contribution in [2.45, 2.75) is 13.5 Å². The summed E-state index contributed by atoms with van der Waals surface area (Å²) in [5.41, 5.74) is 2.08. The highest BCUT2D eigenvalue weighted by atomic mass is 35.5. The van der Waals surface area contributed by atoms with Gasteiger partial charge in [-0.2, -0.15) is 0 Å². The van der Waals surface area contributed by atoms with Gasteiger partial charge in [-0.1, -0.05) is 23.7 Å². The summed E-state index contributed by atoms with van der Waals surface area (Å²) in [7, 11) is -1.72. The number of rotatable bonds is 6. The summed E-state index contributed by atoms with van der Waals surface area (Å²) in [6.45, 7) is 2.97. The second-order valence-corrected chi connectivity index (χ2v) is 6.24. The molecule has 96 valence electrons. The fraction of sp³-hybridized carbons (Fsp3) is 0.455. The normalized spacial score (nSPS) is 11.7. The number of benzene rings is 1. The number of sulfonamides is 1. The van der Waals surface area contributed by atoms with Gasteiger partial charge in [0.15, 0.2) is 0 Å². The Balaban J connectivity index is 2.39. The number of aryl methyl sites for hydroxylation is 1. The molecule has 0 unspecified atom stereocenters. The van der Waals surface area contributed by atoms with E-state index in [1.165, 1.54) is 7.05 Å². The van der Waals surface area contributed by atoms with Crippen molar-refractivity contribution in [3.63, 3.8) is 0 Å². The topological polar surface area (TPSA) is 58.2 Å². The van der Waals surface area contributed by atoms with E-state index in [1.807, 2.05) is 25.1 Å². The van der Waals surface area contributed by atoms with Crippen LogP contribution in [0, 0.1) is 6.92 Å². The van der Waals surface area contributed by atoms with Gasteiger partial charge >= 0.3 is 0 Å². The largest absolute Gasteiger partial charge is 0.312 e. The van der Waals surface area contributed by atoms with E-state index in [9.17, 15) is 8.42 Å². The monoisotopic (exact) mass is 276 g/mol. The zero-order chi connectivity index (χ0) is 12.9. The van der Waals surface area contributed by atoms with Crippen LogP contribution in [0.4, 0.5) is 0 Å². The van der Waals surface area contributed by atoms with Crippen molar-refractivity contribution in [1.82, 2.24) is 10.0 Å². The first-order valence-corrected chi connectivity index (χ1v) is 7.34. The quantitative estimate of drug-likeness (QED) is 0.770. The third-order valence-corrected chi connectivity index (χ3v) is 4.19. The molecule has 0 saturated carbocycles. The fourth-order valence-corrected chi connectivity index (χ4v) is 2.11. The molecule has 4 nitrogen and oxygen atoms in total. The lowest BCUT2D eigenvalue weighted by Gasteiger charge is -2.06. The molecule has 0 spiro atoms. The maximum absolute atomic E-state index is 11.1. The van der Waals surface area contributed by atoms with E-state index in [0.717, 1.165) is 16.1 Å². The van der Waals surface area contributed by atoms with Crippen LogP contribution in [0.3, 0.4) is 0 Å². The van der Waals surface area contributed by atoms with Gasteiger partial charge in [0.05, 0.1) is 5.75 Å². The second-order valence-electron chi connectivity index (χ2n) is 3.78.